The number of nitrogens with one attached hydrogen (secondary N) is 1. The van der Waals surface area contributed by atoms with Gasteiger partial charge in [-0.3, -0.25) is 4.79 Å². The van der Waals surface area contributed by atoms with Crippen LogP contribution in [0.2, 0.25) is 0 Å². The van der Waals surface area contributed by atoms with Gasteiger partial charge in [-0.2, -0.15) is 4.31 Å². The number of sulfonamides is 1. The van der Waals surface area contributed by atoms with Crippen LogP contribution < -0.4 is 5.32 Å². The Labute approximate surface area is 206 Å². The van der Waals surface area contributed by atoms with Crippen LogP contribution in [0.4, 0.5) is 0 Å². The van der Waals surface area contributed by atoms with Crippen molar-refractivity contribution in [1.82, 2.24) is 13.6 Å². The molecule has 2 aromatic carbocycles. The van der Waals surface area contributed by atoms with Crippen LogP contribution in [0.1, 0.15) is 43.6 Å². The van der Waals surface area contributed by atoms with Gasteiger partial charge in [-0.25, -0.2) is 20.8 Å². The second kappa shape index (κ2) is 8.76. The Hall–Kier alpha value is -2.69. The van der Waals surface area contributed by atoms with Gasteiger partial charge in [0.15, 0.2) is 0 Å². The summed E-state index contributed by atoms with van der Waals surface area (Å²) in [5.41, 5.74) is 0.222. The number of piperidine rings is 1. The van der Waals surface area contributed by atoms with Crippen LogP contribution in [0.25, 0.3) is 10.9 Å². The Kier molecular flexibility index (Phi) is 6.01. The number of fused-ring (bicyclic) bond motifs is 1. The summed E-state index contributed by atoms with van der Waals surface area (Å²) in [7, 11) is -7.87. The second-order valence-electron chi connectivity index (χ2n) is 9.85. The number of nitrogens with zero attached hydrogens (tertiary/aromatic N) is 2. The van der Waals surface area contributed by atoms with Gasteiger partial charge >= 0.3 is 0 Å². The average Bonchev–Trinajstić information content (AvgIpc) is 3.54. The lowest BCUT2D eigenvalue weighted by molar-refractivity contribution is 0.0945. The van der Waals surface area contributed by atoms with Crippen molar-refractivity contribution >= 4 is 36.9 Å². The number of carbonyl (C=O) groups is 1. The number of rotatable bonds is 6. The first-order valence-electron chi connectivity index (χ1n) is 11.8. The molecule has 8 nitrogen and oxygen atoms in total. The number of hydrogen-bond acceptors (Lipinski definition) is 5. The quantitative estimate of drug-likeness (QED) is 0.541. The average molecular weight is 516 g/mol. The first-order valence-corrected chi connectivity index (χ1v) is 14.7. The van der Waals surface area contributed by atoms with E-state index in [2.05, 4.69) is 5.32 Å². The Bertz CT molecular complexity index is 1480. The van der Waals surface area contributed by atoms with E-state index in [0.717, 1.165) is 23.2 Å². The topological polar surface area (TPSA) is 106 Å². The molecule has 1 aromatic heterocycles. The molecule has 2 aliphatic rings. The van der Waals surface area contributed by atoms with Gasteiger partial charge in [0.2, 0.25) is 10.0 Å². The van der Waals surface area contributed by atoms with Crippen LogP contribution >= 0.6 is 0 Å². The highest BCUT2D eigenvalue weighted by atomic mass is 32.2. The number of aromatic nitrogens is 1. The van der Waals surface area contributed by atoms with Crippen molar-refractivity contribution in [3.63, 3.8) is 0 Å². The van der Waals surface area contributed by atoms with Gasteiger partial charge in [0.1, 0.15) is 5.69 Å². The van der Waals surface area contributed by atoms with E-state index in [1.165, 1.54) is 40.7 Å². The number of benzene rings is 2. The molecule has 1 saturated carbocycles. The highest BCUT2D eigenvalue weighted by molar-refractivity contribution is 7.90. The molecule has 1 saturated heterocycles. The SMILES string of the molecule is CC1CC(C)CN(S(=O)(=O)c2ccc3c(c2)cc(C(=O)NC2CC2)n3S(=O)(=O)c2ccccc2)C1. The van der Waals surface area contributed by atoms with E-state index in [-0.39, 0.29) is 38.9 Å². The third-order valence-electron chi connectivity index (χ3n) is 6.63. The monoisotopic (exact) mass is 515 g/mol. The zero-order chi connectivity index (χ0) is 25.0. The predicted octanol–water partition coefficient (Wildman–Crippen LogP) is 3.44. The van der Waals surface area contributed by atoms with Gasteiger partial charge in [0, 0.05) is 24.5 Å². The molecular weight excluding hydrogens is 486 g/mol. The minimum absolute atomic E-state index is 0.0346. The largest absolute Gasteiger partial charge is 0.348 e. The molecule has 0 radical (unpaired) electrons. The van der Waals surface area contributed by atoms with Crippen LogP contribution in [0.15, 0.2) is 64.4 Å². The molecule has 5 rings (SSSR count). The Morgan fingerprint density at radius 2 is 1.51 bits per heavy atom. The molecule has 10 heteroatoms. The zero-order valence-corrected chi connectivity index (χ0v) is 21.3. The molecule has 0 bridgehead atoms. The van der Waals surface area contributed by atoms with Crippen molar-refractivity contribution in [3.8, 4) is 0 Å². The van der Waals surface area contributed by atoms with Crippen molar-refractivity contribution in [2.24, 2.45) is 11.8 Å². The molecule has 2 unspecified atom stereocenters. The van der Waals surface area contributed by atoms with Crippen LogP contribution in [0.5, 0.6) is 0 Å². The maximum absolute atomic E-state index is 13.6. The first-order chi connectivity index (χ1) is 16.6. The van der Waals surface area contributed by atoms with E-state index >= 15 is 0 Å². The molecule has 1 amide bonds. The zero-order valence-electron chi connectivity index (χ0n) is 19.7. The van der Waals surface area contributed by atoms with Gasteiger partial charge in [0.25, 0.3) is 15.9 Å². The number of carbonyl (C=O) groups excluding carboxylic acids is 1. The lowest BCUT2D eigenvalue weighted by Crippen LogP contribution is -2.42. The highest BCUT2D eigenvalue weighted by Crippen LogP contribution is 2.31. The maximum atomic E-state index is 13.6. The van der Waals surface area contributed by atoms with Gasteiger partial charge in [-0.15, -0.1) is 0 Å². The van der Waals surface area contributed by atoms with Crippen molar-refractivity contribution in [1.29, 1.82) is 0 Å². The predicted molar refractivity (Wildman–Crippen MR) is 133 cm³/mol. The molecule has 1 aliphatic carbocycles. The highest BCUT2D eigenvalue weighted by Gasteiger charge is 2.33. The fourth-order valence-electron chi connectivity index (χ4n) is 4.88. The third kappa shape index (κ3) is 4.50. The molecule has 1 N–H and O–H groups in total. The lowest BCUT2D eigenvalue weighted by atomic mass is 9.94. The van der Waals surface area contributed by atoms with E-state index in [9.17, 15) is 21.6 Å². The molecule has 35 heavy (non-hydrogen) atoms. The Balaban J connectivity index is 1.63. The van der Waals surface area contributed by atoms with Crippen LogP contribution in [-0.4, -0.2) is 50.2 Å². The van der Waals surface area contributed by atoms with Crippen molar-refractivity contribution in [2.45, 2.75) is 48.9 Å². The summed E-state index contributed by atoms with van der Waals surface area (Å²) in [6, 6.07) is 13.8. The molecule has 1 aliphatic heterocycles. The van der Waals surface area contributed by atoms with Crippen molar-refractivity contribution in [3.05, 3.63) is 60.3 Å². The summed E-state index contributed by atoms with van der Waals surface area (Å²) in [5.74, 6) is 0.0189. The molecule has 2 heterocycles. The molecule has 2 fully saturated rings. The van der Waals surface area contributed by atoms with Crippen LogP contribution in [-0.2, 0) is 20.0 Å². The molecule has 0 spiro atoms. The molecule has 3 aromatic rings. The summed E-state index contributed by atoms with van der Waals surface area (Å²) in [6.45, 7) is 4.98. The summed E-state index contributed by atoms with van der Waals surface area (Å²) >= 11 is 0. The van der Waals surface area contributed by atoms with Gasteiger partial charge in [-0.1, -0.05) is 32.0 Å². The van der Waals surface area contributed by atoms with E-state index in [0.29, 0.717) is 18.5 Å². The van der Waals surface area contributed by atoms with Crippen molar-refractivity contribution in [2.75, 3.05) is 13.1 Å². The van der Waals surface area contributed by atoms with Crippen LogP contribution in [0, 0.1) is 11.8 Å². The van der Waals surface area contributed by atoms with E-state index in [1.807, 2.05) is 13.8 Å². The number of amides is 1. The molecule has 186 valence electrons. The number of hydrogen-bond donors (Lipinski definition) is 1. The Morgan fingerprint density at radius 1 is 0.857 bits per heavy atom. The maximum Gasteiger partial charge on any atom is 0.269 e. The standard InChI is InChI=1S/C25H29N3O5S2/c1-17-12-18(2)16-27(15-17)34(30,31)22-10-11-23-19(13-22)14-24(25(29)26-20-8-9-20)28(23)35(32,33)21-6-4-3-5-7-21/h3-7,10-11,13-14,17-18,20H,8-9,12,15-16H2,1-2H3,(H,26,29). The fourth-order valence-corrected chi connectivity index (χ4v) is 8.13. The second-order valence-corrected chi connectivity index (χ2v) is 13.6. The summed E-state index contributed by atoms with van der Waals surface area (Å²) in [4.78, 5) is 13.2. The Morgan fingerprint density at radius 3 is 2.14 bits per heavy atom. The van der Waals surface area contributed by atoms with E-state index in [4.69, 9.17) is 0 Å². The third-order valence-corrected chi connectivity index (χ3v) is 10.2. The van der Waals surface area contributed by atoms with Gasteiger partial charge in [-0.05, 0) is 67.5 Å². The van der Waals surface area contributed by atoms with E-state index < -0.39 is 26.0 Å². The van der Waals surface area contributed by atoms with Crippen molar-refractivity contribution < 1.29 is 21.6 Å². The normalized spacial score (nSPS) is 21.8. The minimum Gasteiger partial charge on any atom is -0.348 e. The van der Waals surface area contributed by atoms with Gasteiger partial charge < -0.3 is 5.32 Å². The van der Waals surface area contributed by atoms with Gasteiger partial charge in [0.05, 0.1) is 15.3 Å². The summed E-state index contributed by atoms with van der Waals surface area (Å²) in [6.07, 6.45) is 2.68. The summed E-state index contributed by atoms with van der Waals surface area (Å²) < 4.78 is 56.6. The molecular formula is C25H29N3O5S2. The molecule has 2 atom stereocenters. The van der Waals surface area contributed by atoms with Crippen LogP contribution in [0.3, 0.4) is 0 Å². The van der Waals surface area contributed by atoms with E-state index in [1.54, 1.807) is 18.2 Å². The summed E-state index contributed by atoms with van der Waals surface area (Å²) in [5, 5.41) is 3.23. The lowest BCUT2D eigenvalue weighted by Gasteiger charge is -2.34. The first kappa shape index (κ1) is 24.0. The smallest absolute Gasteiger partial charge is 0.269 e. The fraction of sp³-hybridized carbons (Fsp3) is 0.400. The minimum atomic E-state index is -4.10.